The van der Waals surface area contributed by atoms with E-state index in [1.165, 1.54) is 11.8 Å². The van der Waals surface area contributed by atoms with Crippen LogP contribution >= 0.6 is 11.8 Å². The zero-order chi connectivity index (χ0) is 23.3. The molecule has 1 aliphatic carbocycles. The Bertz CT molecular complexity index is 989. The number of thioether (sulfide) groups is 1. The molecule has 2 fully saturated rings. The molecule has 3 rings (SSSR count). The van der Waals surface area contributed by atoms with Gasteiger partial charge in [0.1, 0.15) is 23.3 Å². The van der Waals surface area contributed by atoms with Gasteiger partial charge in [-0.05, 0) is 31.5 Å². The maximum absolute atomic E-state index is 13.1. The second kappa shape index (κ2) is 9.90. The van der Waals surface area contributed by atoms with Crippen molar-refractivity contribution in [2.24, 2.45) is 11.8 Å². The van der Waals surface area contributed by atoms with Crippen molar-refractivity contribution in [3.05, 3.63) is 24.3 Å². The topological polar surface area (TPSA) is 158 Å². The monoisotopic (exact) mass is 456 g/mol. The maximum atomic E-state index is 13.1. The summed E-state index contributed by atoms with van der Waals surface area (Å²) in [4.78, 5) is 38.4. The molecular formula is C21H24N6O4S. The van der Waals surface area contributed by atoms with Gasteiger partial charge in [0.2, 0.25) is 17.7 Å². The largest absolute Gasteiger partial charge is 0.387 e. The van der Waals surface area contributed by atoms with Crippen LogP contribution in [0.4, 0.5) is 11.4 Å². The Morgan fingerprint density at radius 3 is 2.78 bits per heavy atom. The normalized spacial score (nSPS) is 24.4. The number of hydrogen-bond acceptors (Lipinski definition) is 8. The molecule has 0 radical (unpaired) electrons. The molecular weight excluding hydrogens is 432 g/mol. The smallest absolute Gasteiger partial charge is 0.250 e. The molecule has 1 saturated carbocycles. The van der Waals surface area contributed by atoms with E-state index in [2.05, 4.69) is 16.0 Å². The lowest BCUT2D eigenvalue weighted by molar-refractivity contribution is -0.132. The fraction of sp³-hybridized carbons (Fsp3) is 0.476. The lowest BCUT2D eigenvalue weighted by Crippen LogP contribution is -2.44. The fourth-order valence-corrected chi connectivity index (χ4v) is 5.76. The van der Waals surface area contributed by atoms with Crippen molar-refractivity contribution in [3.63, 3.8) is 0 Å². The molecule has 10 nitrogen and oxygen atoms in total. The highest BCUT2D eigenvalue weighted by Gasteiger charge is 2.68. The first kappa shape index (κ1) is 23.4. The van der Waals surface area contributed by atoms with Crippen LogP contribution in [0.25, 0.3) is 0 Å². The number of nitrogens with zero attached hydrogens (tertiary/aromatic N) is 3. The predicted molar refractivity (Wildman–Crippen MR) is 118 cm³/mol. The van der Waals surface area contributed by atoms with E-state index in [9.17, 15) is 19.6 Å². The average molecular weight is 457 g/mol. The van der Waals surface area contributed by atoms with Gasteiger partial charge < -0.3 is 26.0 Å². The van der Waals surface area contributed by atoms with Crippen LogP contribution in [0.2, 0.25) is 0 Å². The van der Waals surface area contributed by atoms with Gasteiger partial charge in [0.05, 0.1) is 12.1 Å². The Labute approximate surface area is 189 Å². The molecule has 0 bridgehead atoms. The van der Waals surface area contributed by atoms with Crippen molar-refractivity contribution in [1.82, 2.24) is 10.2 Å². The van der Waals surface area contributed by atoms with Gasteiger partial charge in [-0.2, -0.15) is 10.5 Å². The quantitative estimate of drug-likeness (QED) is 0.391. The number of amides is 3. The molecule has 1 heterocycles. The Balaban J connectivity index is 1.65. The Hall–Kier alpha value is -3.28. The van der Waals surface area contributed by atoms with Crippen molar-refractivity contribution in [3.8, 4) is 12.1 Å². The summed E-state index contributed by atoms with van der Waals surface area (Å²) in [5.74, 6) is -2.16. The van der Waals surface area contributed by atoms with Crippen molar-refractivity contribution >= 4 is 40.9 Å². The van der Waals surface area contributed by atoms with Crippen LogP contribution in [-0.4, -0.2) is 64.1 Å². The predicted octanol–water partition coefficient (Wildman–Crippen LogP) is 0.489. The highest BCUT2D eigenvalue weighted by molar-refractivity contribution is 8.02. The van der Waals surface area contributed by atoms with Gasteiger partial charge in [-0.15, -0.1) is 11.8 Å². The van der Waals surface area contributed by atoms with Crippen LogP contribution in [0.1, 0.15) is 13.3 Å². The first-order valence-corrected chi connectivity index (χ1v) is 11.1. The maximum Gasteiger partial charge on any atom is 0.250 e. The number of nitriles is 2. The molecule has 3 amide bonds. The van der Waals surface area contributed by atoms with Gasteiger partial charge in [0, 0.05) is 30.4 Å². The highest BCUT2D eigenvalue weighted by Crippen LogP contribution is 2.62. The summed E-state index contributed by atoms with van der Waals surface area (Å²) in [6.07, 6.45) is 0.634. The standard InChI is InChI=1S/C21H24N6O4S/c1-2-27-19(16(10-23)18(30)24-7-6-22)32-21(20(27)31)9-13(21)11-25-14-4-3-5-15(8-14)26-17(29)12-28/h3-5,8,13,16,19,25,28H,2,7,9,11-12H2,1H3,(H,24,30)(H,26,29). The van der Waals surface area contributed by atoms with Crippen molar-refractivity contribution in [2.75, 3.05) is 36.9 Å². The van der Waals surface area contributed by atoms with Crippen LogP contribution in [0.5, 0.6) is 0 Å². The minimum atomic E-state index is -1.06. The van der Waals surface area contributed by atoms with Crippen LogP contribution in [0, 0.1) is 34.5 Å². The van der Waals surface area contributed by atoms with E-state index >= 15 is 0 Å². The number of rotatable bonds is 9. The van der Waals surface area contributed by atoms with E-state index in [4.69, 9.17) is 10.4 Å². The minimum Gasteiger partial charge on any atom is -0.387 e. The van der Waals surface area contributed by atoms with Gasteiger partial charge in [0.15, 0.2) is 5.92 Å². The summed E-state index contributed by atoms with van der Waals surface area (Å²) in [6, 6.07) is 10.8. The minimum absolute atomic E-state index is 0.0243. The van der Waals surface area contributed by atoms with Gasteiger partial charge >= 0.3 is 0 Å². The molecule has 1 saturated heterocycles. The van der Waals surface area contributed by atoms with Crippen molar-refractivity contribution < 1.29 is 19.5 Å². The van der Waals surface area contributed by atoms with Crippen LogP contribution < -0.4 is 16.0 Å². The summed E-state index contributed by atoms with van der Waals surface area (Å²) in [7, 11) is 0. The molecule has 2 aliphatic rings. The summed E-state index contributed by atoms with van der Waals surface area (Å²) in [5, 5.41) is 34.8. The molecule has 1 aromatic rings. The Kier molecular flexibility index (Phi) is 7.23. The molecule has 1 aromatic carbocycles. The van der Waals surface area contributed by atoms with Crippen LogP contribution in [0.3, 0.4) is 0 Å². The molecule has 4 unspecified atom stereocenters. The third kappa shape index (κ3) is 4.64. The number of nitrogens with one attached hydrogen (secondary N) is 3. The number of anilines is 2. The summed E-state index contributed by atoms with van der Waals surface area (Å²) >= 11 is 1.36. The fourth-order valence-electron chi connectivity index (χ4n) is 3.85. The number of carbonyl (C=O) groups excluding carboxylic acids is 3. The molecule has 0 aromatic heterocycles. The lowest BCUT2D eigenvalue weighted by atomic mass is 10.1. The van der Waals surface area contributed by atoms with E-state index in [0.29, 0.717) is 25.2 Å². The number of hydrogen-bond donors (Lipinski definition) is 4. The molecule has 4 atom stereocenters. The second-order valence-electron chi connectivity index (χ2n) is 7.54. The molecule has 1 aliphatic heterocycles. The number of aliphatic hydroxyl groups is 1. The average Bonchev–Trinajstić information content (AvgIpc) is 3.43. The van der Waals surface area contributed by atoms with Crippen LogP contribution in [-0.2, 0) is 14.4 Å². The number of aliphatic hydroxyl groups excluding tert-OH is 1. The van der Waals surface area contributed by atoms with E-state index in [0.717, 1.165) is 5.69 Å². The molecule has 1 spiro atoms. The SMILES string of the molecule is CCN1C(=O)C2(CC2CNc2cccc(NC(=O)CO)c2)SC1C(C#N)C(=O)NCC#N. The van der Waals surface area contributed by atoms with Crippen molar-refractivity contribution in [1.29, 1.82) is 10.5 Å². The molecule has 4 N–H and O–H groups in total. The van der Waals surface area contributed by atoms with Gasteiger partial charge in [-0.3, -0.25) is 14.4 Å². The van der Waals surface area contributed by atoms with Gasteiger partial charge in [-0.25, -0.2) is 0 Å². The van der Waals surface area contributed by atoms with E-state index in [-0.39, 0.29) is 18.4 Å². The van der Waals surface area contributed by atoms with Crippen LogP contribution in [0.15, 0.2) is 24.3 Å². The van der Waals surface area contributed by atoms with Gasteiger partial charge in [0.25, 0.3) is 0 Å². The first-order chi connectivity index (χ1) is 15.4. The molecule has 32 heavy (non-hydrogen) atoms. The highest BCUT2D eigenvalue weighted by atomic mass is 32.2. The first-order valence-electron chi connectivity index (χ1n) is 10.2. The lowest BCUT2D eigenvalue weighted by Gasteiger charge is -2.24. The summed E-state index contributed by atoms with van der Waals surface area (Å²) in [6.45, 7) is 1.92. The zero-order valence-corrected chi connectivity index (χ0v) is 18.3. The zero-order valence-electron chi connectivity index (χ0n) is 17.5. The summed E-state index contributed by atoms with van der Waals surface area (Å²) in [5.41, 5.74) is 1.30. The van der Waals surface area contributed by atoms with Crippen molar-refractivity contribution in [2.45, 2.75) is 23.5 Å². The third-order valence-corrected chi connectivity index (χ3v) is 7.41. The number of benzene rings is 1. The van der Waals surface area contributed by atoms with E-state index in [1.807, 2.05) is 25.1 Å². The third-order valence-electron chi connectivity index (χ3n) is 5.54. The van der Waals surface area contributed by atoms with E-state index in [1.54, 1.807) is 23.1 Å². The number of carbonyl (C=O) groups is 3. The van der Waals surface area contributed by atoms with E-state index < -0.39 is 34.5 Å². The molecule has 168 valence electrons. The van der Waals surface area contributed by atoms with Gasteiger partial charge in [-0.1, -0.05) is 6.07 Å². The molecule has 11 heteroatoms. The summed E-state index contributed by atoms with van der Waals surface area (Å²) < 4.78 is -0.666. The second-order valence-corrected chi connectivity index (χ2v) is 8.99. The Morgan fingerprint density at radius 1 is 1.38 bits per heavy atom. The Morgan fingerprint density at radius 2 is 2.12 bits per heavy atom.